The highest BCUT2D eigenvalue weighted by molar-refractivity contribution is 4.91. The summed E-state index contributed by atoms with van der Waals surface area (Å²) in [4.78, 5) is 1.46. The first-order valence-corrected chi connectivity index (χ1v) is 3.44. The molecule has 1 atom stereocenters. The van der Waals surface area contributed by atoms with Gasteiger partial charge in [0.2, 0.25) is 6.30 Å². The molecule has 1 rings (SSSR count). The lowest BCUT2D eigenvalue weighted by atomic mass is 10.4. The van der Waals surface area contributed by atoms with Gasteiger partial charge in [-0.25, -0.2) is 8.78 Å². The summed E-state index contributed by atoms with van der Waals surface area (Å²) in [7, 11) is 0. The van der Waals surface area contributed by atoms with Gasteiger partial charge in [-0.2, -0.15) is 0 Å². The van der Waals surface area contributed by atoms with Crippen LogP contribution in [0.15, 0.2) is 12.4 Å². The second-order valence-electron chi connectivity index (χ2n) is 2.53. The molecule has 0 spiro atoms. The zero-order chi connectivity index (χ0) is 7.56. The van der Waals surface area contributed by atoms with Crippen LogP contribution in [0.2, 0.25) is 0 Å². The van der Waals surface area contributed by atoms with Crippen LogP contribution >= 0.6 is 0 Å². The first-order valence-electron chi connectivity index (χ1n) is 3.44. The van der Waals surface area contributed by atoms with Gasteiger partial charge in [0.05, 0.1) is 0 Å². The maximum Gasteiger partial charge on any atom is 0.205 e. The number of alkyl halides is 1. The minimum atomic E-state index is -1.57. The van der Waals surface area contributed by atoms with Crippen molar-refractivity contribution in [2.45, 2.75) is 19.1 Å². The van der Waals surface area contributed by atoms with Crippen molar-refractivity contribution in [2.75, 3.05) is 13.1 Å². The Morgan fingerprint density at radius 1 is 1.36 bits per heavy atom. The van der Waals surface area contributed by atoms with Crippen molar-refractivity contribution in [3.63, 3.8) is 0 Å². The van der Waals surface area contributed by atoms with E-state index in [4.69, 9.17) is 0 Å². The Morgan fingerprint density at radius 3 is 2.18 bits per heavy atom. The second-order valence-corrected chi connectivity index (χ2v) is 2.53. The van der Waals surface area contributed by atoms with E-state index in [9.17, 15) is 8.78 Å². The molecule has 0 aliphatic carbocycles. The number of rotatable bonds is 2. The largest absolute Gasteiger partial charge is 0.269 e. The van der Waals surface area contributed by atoms with Crippen LogP contribution in [-0.4, -0.2) is 24.3 Å². The quantitative estimate of drug-likeness (QED) is 0.569. The Bertz CT molecular complexity index is 132. The molecular weight excluding hydrogens is 155 g/mol. The van der Waals surface area contributed by atoms with Crippen molar-refractivity contribution in [3.8, 4) is 0 Å². The SMILES string of the molecule is C=C(F)C(F)N1CCCC1.F. The van der Waals surface area contributed by atoms with E-state index in [2.05, 4.69) is 6.58 Å². The summed E-state index contributed by atoms with van der Waals surface area (Å²) in [6.07, 6.45) is 0.365. The monoisotopic (exact) mass is 167 g/mol. The number of halogens is 3. The molecule has 1 nitrogen and oxygen atoms in total. The Morgan fingerprint density at radius 2 is 1.82 bits per heavy atom. The molecule has 0 amide bonds. The Hall–Kier alpha value is -0.510. The van der Waals surface area contributed by atoms with Gasteiger partial charge in [0.1, 0.15) is 5.83 Å². The third-order valence-electron chi connectivity index (χ3n) is 1.72. The molecule has 0 aromatic heterocycles. The van der Waals surface area contributed by atoms with E-state index in [0.717, 1.165) is 12.8 Å². The first-order chi connectivity index (χ1) is 4.72. The molecular formula is C7H12F3N. The molecule has 0 aromatic carbocycles. The standard InChI is InChI=1S/C7H11F2N.FH/c1-6(8)7(9)10-4-2-3-5-10;/h7H,1-5H2;1H. The van der Waals surface area contributed by atoms with Gasteiger partial charge >= 0.3 is 0 Å². The molecule has 1 saturated heterocycles. The number of hydrogen-bond donors (Lipinski definition) is 0. The Balaban J connectivity index is 0.000001000. The fraction of sp³-hybridized carbons (Fsp3) is 0.714. The number of hydrogen-bond acceptors (Lipinski definition) is 1. The van der Waals surface area contributed by atoms with E-state index in [1.54, 1.807) is 0 Å². The fourth-order valence-electron chi connectivity index (χ4n) is 1.17. The van der Waals surface area contributed by atoms with E-state index >= 15 is 0 Å². The lowest BCUT2D eigenvalue weighted by Crippen LogP contribution is -2.28. The predicted molar refractivity (Wildman–Crippen MR) is 38.5 cm³/mol. The summed E-state index contributed by atoms with van der Waals surface area (Å²) in [6.45, 7) is 4.23. The van der Waals surface area contributed by atoms with Crippen LogP contribution in [0.1, 0.15) is 12.8 Å². The van der Waals surface area contributed by atoms with E-state index in [1.807, 2.05) is 0 Å². The normalized spacial score (nSPS) is 20.9. The van der Waals surface area contributed by atoms with Crippen molar-refractivity contribution in [2.24, 2.45) is 0 Å². The minimum Gasteiger partial charge on any atom is -0.269 e. The molecule has 1 aliphatic heterocycles. The van der Waals surface area contributed by atoms with Gasteiger partial charge in [-0.05, 0) is 12.8 Å². The smallest absolute Gasteiger partial charge is 0.205 e. The van der Waals surface area contributed by atoms with E-state index in [0.29, 0.717) is 13.1 Å². The second kappa shape index (κ2) is 4.38. The molecule has 0 aromatic rings. The molecule has 1 heterocycles. The van der Waals surface area contributed by atoms with Crippen LogP contribution in [0.4, 0.5) is 13.5 Å². The molecule has 0 N–H and O–H groups in total. The molecule has 1 fully saturated rings. The summed E-state index contributed by atoms with van der Waals surface area (Å²) in [5, 5.41) is 0. The van der Waals surface area contributed by atoms with Gasteiger partial charge in [0.15, 0.2) is 0 Å². The van der Waals surface area contributed by atoms with Gasteiger partial charge in [0.25, 0.3) is 0 Å². The topological polar surface area (TPSA) is 3.24 Å². The maximum atomic E-state index is 12.7. The summed E-state index contributed by atoms with van der Waals surface area (Å²) in [5.41, 5.74) is 0. The third kappa shape index (κ3) is 2.54. The molecule has 0 radical (unpaired) electrons. The van der Waals surface area contributed by atoms with Crippen LogP contribution in [0.3, 0.4) is 0 Å². The van der Waals surface area contributed by atoms with E-state index < -0.39 is 12.1 Å². The Labute approximate surface area is 64.1 Å². The number of nitrogens with zero attached hydrogens (tertiary/aromatic N) is 1. The van der Waals surface area contributed by atoms with Crippen LogP contribution < -0.4 is 0 Å². The zero-order valence-electron chi connectivity index (χ0n) is 6.22. The highest BCUT2D eigenvalue weighted by Gasteiger charge is 2.23. The van der Waals surface area contributed by atoms with Gasteiger partial charge in [-0.3, -0.25) is 9.60 Å². The van der Waals surface area contributed by atoms with Crippen LogP contribution in [0.5, 0.6) is 0 Å². The maximum absolute atomic E-state index is 12.7. The van der Waals surface area contributed by atoms with E-state index in [1.165, 1.54) is 4.90 Å². The summed E-state index contributed by atoms with van der Waals surface area (Å²) >= 11 is 0. The lowest BCUT2D eigenvalue weighted by Gasteiger charge is -2.17. The van der Waals surface area contributed by atoms with Crippen LogP contribution in [-0.2, 0) is 0 Å². The van der Waals surface area contributed by atoms with Crippen LogP contribution in [0, 0.1) is 0 Å². The first kappa shape index (κ1) is 10.5. The Kier molecular flexibility index (Phi) is 4.18. The molecule has 0 saturated carbocycles. The van der Waals surface area contributed by atoms with Crippen molar-refractivity contribution in [1.82, 2.24) is 4.90 Å². The lowest BCUT2D eigenvalue weighted by molar-refractivity contribution is 0.119. The highest BCUT2D eigenvalue weighted by Crippen LogP contribution is 2.17. The van der Waals surface area contributed by atoms with Gasteiger partial charge in [-0.15, -0.1) is 0 Å². The van der Waals surface area contributed by atoms with Crippen LogP contribution in [0.25, 0.3) is 0 Å². The average Bonchev–Trinajstić information content (AvgIpc) is 2.36. The zero-order valence-corrected chi connectivity index (χ0v) is 6.22. The van der Waals surface area contributed by atoms with E-state index in [-0.39, 0.29) is 4.70 Å². The van der Waals surface area contributed by atoms with Crippen molar-refractivity contribution < 1.29 is 13.5 Å². The van der Waals surface area contributed by atoms with Crippen molar-refractivity contribution >= 4 is 0 Å². The fourth-order valence-corrected chi connectivity index (χ4v) is 1.17. The summed E-state index contributed by atoms with van der Waals surface area (Å²) in [5.74, 6) is -0.873. The summed E-state index contributed by atoms with van der Waals surface area (Å²) in [6, 6.07) is 0. The number of likely N-dealkylation sites (tertiary alicyclic amines) is 1. The minimum absolute atomic E-state index is 0. The molecule has 0 bridgehead atoms. The molecule has 1 unspecified atom stereocenters. The van der Waals surface area contributed by atoms with Gasteiger partial charge in [-0.1, -0.05) is 6.58 Å². The average molecular weight is 167 g/mol. The highest BCUT2D eigenvalue weighted by atomic mass is 19.2. The third-order valence-corrected chi connectivity index (χ3v) is 1.72. The molecule has 1 aliphatic rings. The molecule has 4 heteroatoms. The predicted octanol–water partition coefficient (Wildman–Crippen LogP) is 2.01. The van der Waals surface area contributed by atoms with Crippen molar-refractivity contribution in [3.05, 3.63) is 12.4 Å². The molecule has 66 valence electrons. The summed E-state index contributed by atoms with van der Waals surface area (Å²) < 4.78 is 24.8. The molecule has 11 heavy (non-hydrogen) atoms. The van der Waals surface area contributed by atoms with Gasteiger partial charge in [0, 0.05) is 13.1 Å². The van der Waals surface area contributed by atoms with Gasteiger partial charge < -0.3 is 0 Å². The van der Waals surface area contributed by atoms with Crippen molar-refractivity contribution in [1.29, 1.82) is 0 Å².